The van der Waals surface area contributed by atoms with Crippen LogP contribution in [0.4, 0.5) is 0 Å². The van der Waals surface area contributed by atoms with Gasteiger partial charge in [0.05, 0.1) is 5.38 Å². The molecule has 0 aromatic heterocycles. The minimum absolute atomic E-state index is 0.00248. The summed E-state index contributed by atoms with van der Waals surface area (Å²) in [4.78, 5) is 0. The number of hydrogen-bond donors (Lipinski definition) is 0. The number of aryl methyl sites for hydroxylation is 2. The summed E-state index contributed by atoms with van der Waals surface area (Å²) in [5, 5.41) is 0.00248. The van der Waals surface area contributed by atoms with E-state index in [1.165, 1.54) is 16.7 Å². The van der Waals surface area contributed by atoms with Crippen LogP contribution in [0.15, 0.2) is 46.9 Å². The van der Waals surface area contributed by atoms with E-state index in [1.807, 2.05) is 18.2 Å². The highest BCUT2D eigenvalue weighted by Crippen LogP contribution is 2.31. The van der Waals surface area contributed by atoms with Crippen molar-refractivity contribution in [2.75, 3.05) is 0 Å². The first-order valence-electron chi connectivity index (χ1n) is 6.02. The summed E-state index contributed by atoms with van der Waals surface area (Å²) in [5.41, 5.74) is 5.08. The SMILES string of the molecule is Cc1ccc(CC(Cl)c2ccccc2Br)cc1C. The molecule has 0 fully saturated rings. The third kappa shape index (κ3) is 3.15. The van der Waals surface area contributed by atoms with Crippen molar-refractivity contribution in [2.45, 2.75) is 25.6 Å². The second-order valence-corrected chi connectivity index (χ2v) is 5.99. The zero-order valence-electron chi connectivity index (χ0n) is 10.6. The lowest BCUT2D eigenvalue weighted by Gasteiger charge is -2.13. The Morgan fingerprint density at radius 1 is 1.06 bits per heavy atom. The van der Waals surface area contributed by atoms with Crippen LogP contribution in [0.25, 0.3) is 0 Å². The van der Waals surface area contributed by atoms with Gasteiger partial charge in [0.1, 0.15) is 0 Å². The van der Waals surface area contributed by atoms with Crippen LogP contribution in [0.3, 0.4) is 0 Å². The summed E-state index contributed by atoms with van der Waals surface area (Å²) in [7, 11) is 0. The van der Waals surface area contributed by atoms with Crippen molar-refractivity contribution < 1.29 is 0 Å². The standard InChI is InChI=1S/C16H16BrCl/c1-11-7-8-13(9-12(11)2)10-16(18)14-5-3-4-6-15(14)17/h3-9,16H,10H2,1-2H3. The molecule has 2 aromatic carbocycles. The monoisotopic (exact) mass is 322 g/mol. The van der Waals surface area contributed by atoms with E-state index < -0.39 is 0 Å². The van der Waals surface area contributed by atoms with Gasteiger partial charge in [-0.05, 0) is 48.6 Å². The average Bonchev–Trinajstić information content (AvgIpc) is 2.34. The van der Waals surface area contributed by atoms with Crippen molar-refractivity contribution in [2.24, 2.45) is 0 Å². The fourth-order valence-electron chi connectivity index (χ4n) is 1.98. The first kappa shape index (κ1) is 13.6. The zero-order valence-corrected chi connectivity index (χ0v) is 12.9. The van der Waals surface area contributed by atoms with Crippen LogP contribution in [0.1, 0.15) is 27.6 Å². The Bertz CT molecular complexity index is 549. The van der Waals surface area contributed by atoms with Crippen LogP contribution in [-0.4, -0.2) is 0 Å². The lowest BCUT2D eigenvalue weighted by molar-refractivity contribution is 0.912. The normalized spacial score (nSPS) is 12.4. The quantitative estimate of drug-likeness (QED) is 0.646. The average molecular weight is 324 g/mol. The lowest BCUT2D eigenvalue weighted by atomic mass is 10.0. The highest BCUT2D eigenvalue weighted by molar-refractivity contribution is 9.10. The number of rotatable bonds is 3. The zero-order chi connectivity index (χ0) is 13.1. The molecule has 0 amide bonds. The Morgan fingerprint density at radius 2 is 1.78 bits per heavy atom. The second kappa shape index (κ2) is 5.90. The molecule has 0 saturated heterocycles. The van der Waals surface area contributed by atoms with Gasteiger partial charge < -0.3 is 0 Å². The van der Waals surface area contributed by atoms with Crippen LogP contribution in [0.2, 0.25) is 0 Å². The molecular formula is C16H16BrCl. The van der Waals surface area contributed by atoms with Gasteiger partial charge in [-0.15, -0.1) is 11.6 Å². The predicted molar refractivity (Wildman–Crippen MR) is 82.4 cm³/mol. The molecule has 18 heavy (non-hydrogen) atoms. The Balaban J connectivity index is 2.19. The van der Waals surface area contributed by atoms with Crippen molar-refractivity contribution in [3.63, 3.8) is 0 Å². The van der Waals surface area contributed by atoms with Gasteiger partial charge in [-0.25, -0.2) is 0 Å². The summed E-state index contributed by atoms with van der Waals surface area (Å²) >= 11 is 10.1. The molecule has 0 aliphatic carbocycles. The van der Waals surface area contributed by atoms with Crippen molar-refractivity contribution in [1.29, 1.82) is 0 Å². The summed E-state index contributed by atoms with van der Waals surface area (Å²) < 4.78 is 1.08. The summed E-state index contributed by atoms with van der Waals surface area (Å²) in [6.07, 6.45) is 0.852. The molecule has 0 spiro atoms. The molecule has 94 valence electrons. The maximum absolute atomic E-state index is 6.51. The van der Waals surface area contributed by atoms with E-state index in [0.717, 1.165) is 16.5 Å². The van der Waals surface area contributed by atoms with Crippen LogP contribution in [-0.2, 0) is 6.42 Å². The predicted octanol–water partition coefficient (Wildman–Crippen LogP) is 5.59. The minimum atomic E-state index is 0.00248. The summed E-state index contributed by atoms with van der Waals surface area (Å²) in [6, 6.07) is 14.7. The van der Waals surface area contributed by atoms with Crippen molar-refractivity contribution in [3.05, 3.63) is 69.2 Å². The maximum atomic E-state index is 6.51. The second-order valence-electron chi connectivity index (χ2n) is 4.61. The van der Waals surface area contributed by atoms with Gasteiger partial charge in [-0.3, -0.25) is 0 Å². The molecule has 1 unspecified atom stereocenters. The van der Waals surface area contributed by atoms with Crippen LogP contribution >= 0.6 is 27.5 Å². The van der Waals surface area contributed by atoms with E-state index in [2.05, 4.69) is 54.0 Å². The summed E-state index contributed by atoms with van der Waals surface area (Å²) in [5.74, 6) is 0. The number of halogens is 2. The van der Waals surface area contributed by atoms with Crippen molar-refractivity contribution in [1.82, 2.24) is 0 Å². The molecule has 2 rings (SSSR count). The highest BCUT2D eigenvalue weighted by Gasteiger charge is 2.12. The molecule has 0 aliphatic rings. The Hall–Kier alpha value is -0.790. The van der Waals surface area contributed by atoms with Crippen LogP contribution in [0.5, 0.6) is 0 Å². The fourth-order valence-corrected chi connectivity index (χ4v) is 3.04. The molecule has 1 atom stereocenters. The number of alkyl halides is 1. The highest BCUT2D eigenvalue weighted by atomic mass is 79.9. The Kier molecular flexibility index (Phi) is 4.47. The molecule has 0 nitrogen and oxygen atoms in total. The molecule has 0 heterocycles. The molecule has 0 saturated carbocycles. The van der Waals surface area contributed by atoms with Gasteiger partial charge in [-0.1, -0.05) is 52.3 Å². The van der Waals surface area contributed by atoms with E-state index in [-0.39, 0.29) is 5.38 Å². The van der Waals surface area contributed by atoms with Gasteiger partial charge in [-0.2, -0.15) is 0 Å². The maximum Gasteiger partial charge on any atom is 0.0636 e. The van der Waals surface area contributed by atoms with Crippen molar-refractivity contribution in [3.8, 4) is 0 Å². The molecule has 0 bridgehead atoms. The largest absolute Gasteiger partial charge is 0.117 e. The summed E-state index contributed by atoms with van der Waals surface area (Å²) in [6.45, 7) is 4.27. The molecule has 0 aliphatic heterocycles. The van der Waals surface area contributed by atoms with Gasteiger partial charge in [0.25, 0.3) is 0 Å². The third-order valence-electron chi connectivity index (χ3n) is 3.23. The van der Waals surface area contributed by atoms with Gasteiger partial charge in [0, 0.05) is 4.47 Å². The van der Waals surface area contributed by atoms with Crippen LogP contribution < -0.4 is 0 Å². The first-order chi connectivity index (χ1) is 8.58. The number of benzene rings is 2. The smallest absolute Gasteiger partial charge is 0.0636 e. The minimum Gasteiger partial charge on any atom is -0.117 e. The van der Waals surface area contributed by atoms with Crippen molar-refractivity contribution >= 4 is 27.5 Å². The molecule has 0 N–H and O–H groups in total. The topological polar surface area (TPSA) is 0 Å². The molecule has 0 radical (unpaired) electrons. The fraction of sp³-hybridized carbons (Fsp3) is 0.250. The Labute approximate surface area is 122 Å². The van der Waals surface area contributed by atoms with E-state index in [4.69, 9.17) is 11.6 Å². The van der Waals surface area contributed by atoms with E-state index in [9.17, 15) is 0 Å². The van der Waals surface area contributed by atoms with Crippen LogP contribution in [0, 0.1) is 13.8 Å². The first-order valence-corrected chi connectivity index (χ1v) is 7.25. The third-order valence-corrected chi connectivity index (χ3v) is 4.34. The Morgan fingerprint density at radius 3 is 2.44 bits per heavy atom. The van der Waals surface area contributed by atoms with E-state index in [0.29, 0.717) is 0 Å². The van der Waals surface area contributed by atoms with E-state index in [1.54, 1.807) is 0 Å². The van der Waals surface area contributed by atoms with Gasteiger partial charge >= 0.3 is 0 Å². The molecular weight excluding hydrogens is 308 g/mol. The lowest BCUT2D eigenvalue weighted by Crippen LogP contribution is -1.97. The molecule has 2 aromatic rings. The molecule has 2 heteroatoms. The van der Waals surface area contributed by atoms with Gasteiger partial charge in [0.2, 0.25) is 0 Å². The van der Waals surface area contributed by atoms with E-state index >= 15 is 0 Å². The van der Waals surface area contributed by atoms with Gasteiger partial charge in [0.15, 0.2) is 0 Å². The number of hydrogen-bond acceptors (Lipinski definition) is 0.